The topological polar surface area (TPSA) is 221 Å². The van der Waals surface area contributed by atoms with Gasteiger partial charge in [0, 0.05) is 59.1 Å². The molecule has 10 atom stereocenters. The Labute approximate surface area is 298 Å². The number of rotatable bonds is 15. The minimum absolute atomic E-state index is 0.294. The molecule has 0 bridgehead atoms. The third-order valence-electron chi connectivity index (χ3n) is 6.56. The van der Waals surface area contributed by atoms with Crippen LogP contribution in [-0.4, -0.2) is 133 Å². The van der Waals surface area contributed by atoms with Gasteiger partial charge in [0.15, 0.2) is 43.1 Å². The first kappa shape index (κ1) is 42.3. The second-order valence-electron chi connectivity index (χ2n) is 10.7. The number of halogens is 2. The van der Waals surface area contributed by atoms with E-state index in [0.717, 1.165) is 48.5 Å². The predicted molar refractivity (Wildman–Crippen MR) is 166 cm³/mol. The van der Waals surface area contributed by atoms with Crippen LogP contribution in [-0.2, 0) is 85.7 Å². The van der Waals surface area contributed by atoms with Crippen molar-refractivity contribution >= 4 is 73.6 Å². The number of hydrogen-bond acceptors (Lipinski definition) is 18. The van der Waals surface area contributed by atoms with Gasteiger partial charge in [-0.3, -0.25) is 33.6 Å². The minimum atomic E-state index is -1.78. The van der Waals surface area contributed by atoms with E-state index in [1.54, 1.807) is 0 Å². The summed E-state index contributed by atoms with van der Waals surface area (Å²) in [5.41, 5.74) is 0. The van der Waals surface area contributed by atoms with Crippen LogP contribution in [0, 0.1) is 0 Å². The number of esters is 7. The van der Waals surface area contributed by atoms with Gasteiger partial charge in [0.05, 0.1) is 6.10 Å². The molecule has 0 radical (unpaired) electrons. The molecule has 0 aromatic rings. The molecule has 20 heteroatoms. The molecular formula is C29H40Br2O18. The van der Waals surface area contributed by atoms with E-state index in [9.17, 15) is 33.6 Å². The Hall–Kier alpha value is -2.91. The molecule has 2 aliphatic rings. The Morgan fingerprint density at radius 3 is 1.24 bits per heavy atom. The van der Waals surface area contributed by atoms with Gasteiger partial charge in [0.2, 0.25) is 0 Å². The summed E-state index contributed by atoms with van der Waals surface area (Å²) in [5.74, 6) is -5.80. The molecule has 0 unspecified atom stereocenters. The zero-order valence-corrected chi connectivity index (χ0v) is 31.0. The van der Waals surface area contributed by atoms with Crippen LogP contribution < -0.4 is 0 Å². The van der Waals surface area contributed by atoms with E-state index in [0.29, 0.717) is 10.7 Å². The largest absolute Gasteiger partial charge is 0.463 e. The van der Waals surface area contributed by atoms with Crippen LogP contribution in [0.3, 0.4) is 0 Å². The van der Waals surface area contributed by atoms with Gasteiger partial charge in [-0.25, -0.2) is 0 Å². The molecule has 49 heavy (non-hydrogen) atoms. The van der Waals surface area contributed by atoms with Crippen LogP contribution in [0.5, 0.6) is 0 Å². The molecule has 18 nitrogen and oxygen atoms in total. The second-order valence-corrected chi connectivity index (χ2v) is 12.0. The number of hydrogen-bond donors (Lipinski definition) is 0. The van der Waals surface area contributed by atoms with Gasteiger partial charge in [-0.2, -0.15) is 0 Å². The van der Waals surface area contributed by atoms with Gasteiger partial charge in [-0.15, -0.1) is 0 Å². The molecule has 0 spiro atoms. The summed E-state index contributed by atoms with van der Waals surface area (Å²) in [6.45, 7) is 6.45. The van der Waals surface area contributed by atoms with Crippen LogP contribution in [0.4, 0.5) is 0 Å². The maximum Gasteiger partial charge on any atom is 0.303 e. The average molecular weight is 836 g/mol. The van der Waals surface area contributed by atoms with Crippen molar-refractivity contribution in [2.75, 3.05) is 23.9 Å². The normalized spacial score (nSPS) is 29.6. The van der Waals surface area contributed by atoms with Gasteiger partial charge in [-0.05, 0) is 0 Å². The fourth-order valence-corrected chi connectivity index (χ4v) is 6.26. The summed E-state index contributed by atoms with van der Waals surface area (Å²) in [4.78, 5) is 85.1. The minimum Gasteiger partial charge on any atom is -0.463 e. The van der Waals surface area contributed by atoms with Crippen molar-refractivity contribution in [1.29, 1.82) is 0 Å². The molecule has 2 rings (SSSR count). The van der Waals surface area contributed by atoms with E-state index in [1.165, 1.54) is 0 Å². The van der Waals surface area contributed by atoms with Crippen LogP contribution in [0.2, 0.25) is 0 Å². The van der Waals surface area contributed by atoms with Crippen molar-refractivity contribution < 1.29 is 85.7 Å². The fourth-order valence-electron chi connectivity index (χ4n) is 4.89. The van der Waals surface area contributed by atoms with Crippen LogP contribution in [0.25, 0.3) is 0 Å². The molecule has 0 saturated carbocycles. The molecule has 2 saturated heterocycles. The smallest absolute Gasteiger partial charge is 0.303 e. The first-order valence-electron chi connectivity index (χ1n) is 14.8. The number of ether oxygens (including phenoxy) is 11. The van der Waals surface area contributed by atoms with Gasteiger partial charge in [-0.1, -0.05) is 31.9 Å². The Bertz CT molecular complexity index is 1190. The lowest BCUT2D eigenvalue weighted by Crippen LogP contribution is -2.67. The molecule has 0 aromatic carbocycles. The molecule has 0 amide bonds. The van der Waals surface area contributed by atoms with E-state index in [-0.39, 0.29) is 0 Å². The zero-order valence-electron chi connectivity index (χ0n) is 27.8. The molecular weight excluding hydrogens is 796 g/mol. The van der Waals surface area contributed by atoms with E-state index in [1.807, 2.05) is 0 Å². The van der Waals surface area contributed by atoms with E-state index in [4.69, 9.17) is 52.1 Å². The van der Waals surface area contributed by atoms with Crippen molar-refractivity contribution in [2.45, 2.75) is 116 Å². The maximum absolute atomic E-state index is 12.5. The number of alkyl halides is 2. The Morgan fingerprint density at radius 2 is 0.837 bits per heavy atom. The quantitative estimate of drug-likeness (QED) is 0.126. The first-order chi connectivity index (χ1) is 23.0. The zero-order chi connectivity index (χ0) is 37.0. The van der Waals surface area contributed by atoms with Crippen molar-refractivity contribution in [3.8, 4) is 0 Å². The summed E-state index contributed by atoms with van der Waals surface area (Å²) in [6.07, 6.45) is -15.9. The van der Waals surface area contributed by atoms with Crippen molar-refractivity contribution in [2.24, 2.45) is 0 Å². The third kappa shape index (κ3) is 13.4. The van der Waals surface area contributed by atoms with Crippen LogP contribution in [0.15, 0.2) is 0 Å². The highest BCUT2D eigenvalue weighted by molar-refractivity contribution is 9.09. The first-order valence-corrected chi connectivity index (χ1v) is 17.1. The predicted octanol–water partition coefficient (Wildman–Crippen LogP) is 0.781. The van der Waals surface area contributed by atoms with Crippen molar-refractivity contribution in [3.05, 3.63) is 0 Å². The number of carbonyl (C=O) groups is 7. The van der Waals surface area contributed by atoms with E-state index < -0.39 is 123 Å². The third-order valence-corrected chi connectivity index (χ3v) is 8.00. The lowest BCUT2D eigenvalue weighted by atomic mass is 9.96. The monoisotopic (exact) mass is 834 g/mol. The standard InChI is InChI=1S/C29H40Br2O18/c1-12(32)39-10-20-22(41-14(3)34)24(42-15(4)35)27(45-18(7)38)29(48-20)49-23-21(11-40-13(2)33)47-28(46-19(8-30)9-31)26(44-17(6)37)25(23)43-16(5)36/h19-29H,8-11H2,1-7H3/t20-,21-,22-,23-,24+,25+,26-,27-,28-,29-/m1/s1. The highest BCUT2D eigenvalue weighted by Gasteiger charge is 2.57. The molecule has 0 aliphatic carbocycles. The van der Waals surface area contributed by atoms with Gasteiger partial charge in [0.1, 0.15) is 31.5 Å². The average Bonchev–Trinajstić information content (AvgIpc) is 2.98. The fraction of sp³-hybridized carbons (Fsp3) is 0.759. The molecule has 278 valence electrons. The van der Waals surface area contributed by atoms with Crippen molar-refractivity contribution in [3.63, 3.8) is 0 Å². The summed E-state index contributed by atoms with van der Waals surface area (Å²) < 4.78 is 62.2. The molecule has 0 N–H and O–H groups in total. The van der Waals surface area contributed by atoms with Crippen LogP contribution >= 0.6 is 31.9 Å². The Morgan fingerprint density at radius 1 is 0.490 bits per heavy atom. The van der Waals surface area contributed by atoms with Crippen LogP contribution in [0.1, 0.15) is 48.5 Å². The lowest BCUT2D eigenvalue weighted by molar-refractivity contribution is -0.363. The molecule has 0 aromatic heterocycles. The summed E-state index contributed by atoms with van der Waals surface area (Å²) in [5, 5.41) is 0.588. The van der Waals surface area contributed by atoms with Gasteiger partial charge in [0.25, 0.3) is 0 Å². The molecule has 2 fully saturated rings. The summed E-state index contributed by atoms with van der Waals surface area (Å²) in [7, 11) is 0. The number of carbonyl (C=O) groups excluding carboxylic acids is 7. The van der Waals surface area contributed by atoms with Gasteiger partial charge < -0.3 is 52.1 Å². The lowest BCUT2D eigenvalue weighted by Gasteiger charge is -2.49. The van der Waals surface area contributed by atoms with Crippen molar-refractivity contribution in [1.82, 2.24) is 0 Å². The Balaban J connectivity index is 2.74. The maximum atomic E-state index is 12.5. The highest BCUT2D eigenvalue weighted by atomic mass is 79.9. The van der Waals surface area contributed by atoms with E-state index >= 15 is 0 Å². The summed E-state index contributed by atoms with van der Waals surface area (Å²) in [6, 6.07) is 0. The molecule has 2 aliphatic heterocycles. The second kappa shape index (κ2) is 20.1. The molecule has 2 heterocycles. The van der Waals surface area contributed by atoms with E-state index in [2.05, 4.69) is 31.9 Å². The van der Waals surface area contributed by atoms with Gasteiger partial charge >= 0.3 is 41.8 Å². The highest BCUT2D eigenvalue weighted by Crippen LogP contribution is 2.36. The SMILES string of the molecule is CC(=O)OC[C@H]1O[C@H](O[C@H]2[C@H](OC(C)=O)[C@@H](OC(C)=O)[C@H](OC(CBr)CBr)O[C@@H]2COC(C)=O)[C@H](OC(C)=O)[C@@H](OC(C)=O)[C@@H]1OC(C)=O. The Kier molecular flexibility index (Phi) is 17.3. The summed E-state index contributed by atoms with van der Waals surface area (Å²) >= 11 is 6.63.